The van der Waals surface area contributed by atoms with Crippen LogP contribution in [0.4, 0.5) is 0 Å². The summed E-state index contributed by atoms with van der Waals surface area (Å²) in [6.07, 6.45) is 0.562. The molecule has 1 aliphatic rings. The molecule has 2 aromatic carbocycles. The van der Waals surface area contributed by atoms with Crippen LogP contribution >= 0.6 is 0 Å². The number of para-hydroxylation sites is 1. The Kier molecular flexibility index (Phi) is 4.09. The zero-order chi connectivity index (χ0) is 16.4. The van der Waals surface area contributed by atoms with Gasteiger partial charge in [-0.15, -0.1) is 0 Å². The standard InChI is InChI=1S/C17H18N2O3S/c1-12-7-8-13(2)17(11-12)23(20,21)19-18-15-9-10-22-16-6-4-3-5-14(15)16/h3-8,11,19H,9-10H2,1-2H3. The van der Waals surface area contributed by atoms with Crippen molar-refractivity contribution >= 4 is 15.7 Å². The number of hydrogen-bond donors (Lipinski definition) is 1. The lowest BCUT2D eigenvalue weighted by Gasteiger charge is -2.18. The van der Waals surface area contributed by atoms with Crippen molar-refractivity contribution < 1.29 is 13.2 Å². The van der Waals surface area contributed by atoms with E-state index in [1.54, 1.807) is 19.1 Å². The number of nitrogens with one attached hydrogen (secondary N) is 1. The molecule has 120 valence electrons. The predicted molar refractivity (Wildman–Crippen MR) is 89.3 cm³/mol. The largest absolute Gasteiger partial charge is 0.492 e. The summed E-state index contributed by atoms with van der Waals surface area (Å²) in [5.74, 6) is 0.725. The Balaban J connectivity index is 1.92. The Labute approximate surface area is 136 Å². The minimum absolute atomic E-state index is 0.252. The molecule has 0 unspecified atom stereocenters. The number of rotatable bonds is 3. The predicted octanol–water partition coefficient (Wildman–Crippen LogP) is 2.77. The van der Waals surface area contributed by atoms with Crippen molar-refractivity contribution in [1.29, 1.82) is 0 Å². The van der Waals surface area contributed by atoms with Gasteiger partial charge < -0.3 is 4.74 Å². The van der Waals surface area contributed by atoms with Gasteiger partial charge >= 0.3 is 0 Å². The highest BCUT2D eigenvalue weighted by molar-refractivity contribution is 7.89. The first kappa shape index (κ1) is 15.6. The zero-order valence-corrected chi connectivity index (χ0v) is 13.9. The van der Waals surface area contributed by atoms with Crippen molar-refractivity contribution in [3.8, 4) is 5.75 Å². The number of hydrazone groups is 1. The molecule has 6 heteroatoms. The van der Waals surface area contributed by atoms with E-state index in [9.17, 15) is 8.42 Å². The summed E-state index contributed by atoms with van der Waals surface area (Å²) in [6.45, 7) is 4.12. The molecule has 2 aromatic rings. The second kappa shape index (κ2) is 6.04. The molecule has 0 saturated heterocycles. The Bertz CT molecular complexity index is 873. The van der Waals surface area contributed by atoms with Crippen LogP contribution in [0, 0.1) is 13.8 Å². The van der Waals surface area contributed by atoms with E-state index in [2.05, 4.69) is 9.93 Å². The molecule has 0 atom stereocenters. The number of benzene rings is 2. The minimum Gasteiger partial charge on any atom is -0.492 e. The van der Waals surface area contributed by atoms with Crippen LogP contribution in [0.2, 0.25) is 0 Å². The lowest BCUT2D eigenvalue weighted by molar-refractivity contribution is 0.320. The third-order valence-electron chi connectivity index (χ3n) is 3.73. The van der Waals surface area contributed by atoms with Crippen LogP contribution in [0.25, 0.3) is 0 Å². The van der Waals surface area contributed by atoms with Crippen molar-refractivity contribution in [1.82, 2.24) is 4.83 Å². The zero-order valence-electron chi connectivity index (χ0n) is 13.0. The third-order valence-corrected chi connectivity index (χ3v) is 5.08. The van der Waals surface area contributed by atoms with Crippen molar-refractivity contribution in [2.75, 3.05) is 6.61 Å². The van der Waals surface area contributed by atoms with E-state index in [0.29, 0.717) is 24.3 Å². The first-order valence-electron chi connectivity index (χ1n) is 7.35. The van der Waals surface area contributed by atoms with E-state index in [1.807, 2.05) is 37.3 Å². The summed E-state index contributed by atoms with van der Waals surface area (Å²) in [7, 11) is -3.69. The van der Waals surface area contributed by atoms with Gasteiger partial charge in [0.15, 0.2) is 0 Å². The third kappa shape index (κ3) is 3.22. The monoisotopic (exact) mass is 330 g/mol. The van der Waals surface area contributed by atoms with Crippen LogP contribution in [0.3, 0.4) is 0 Å². The average Bonchev–Trinajstić information content (AvgIpc) is 2.55. The van der Waals surface area contributed by atoms with Crippen LogP contribution in [-0.4, -0.2) is 20.7 Å². The molecule has 0 aromatic heterocycles. The number of ether oxygens (including phenoxy) is 1. The normalized spacial score (nSPS) is 15.8. The lowest BCUT2D eigenvalue weighted by atomic mass is 10.0. The molecule has 0 aliphatic carbocycles. The van der Waals surface area contributed by atoms with Gasteiger partial charge in [-0.05, 0) is 43.2 Å². The molecule has 1 N–H and O–H groups in total. The molecule has 0 saturated carbocycles. The summed E-state index contributed by atoms with van der Waals surface area (Å²) in [6, 6.07) is 12.8. The van der Waals surface area contributed by atoms with Gasteiger partial charge in [0.05, 0.1) is 17.2 Å². The summed E-state index contributed by atoms with van der Waals surface area (Å²) in [5, 5.41) is 4.14. The van der Waals surface area contributed by atoms with Gasteiger partial charge in [0, 0.05) is 12.0 Å². The van der Waals surface area contributed by atoms with Crippen LogP contribution in [0.5, 0.6) is 5.75 Å². The highest BCUT2D eigenvalue weighted by Crippen LogP contribution is 2.24. The van der Waals surface area contributed by atoms with Gasteiger partial charge in [-0.3, -0.25) is 0 Å². The van der Waals surface area contributed by atoms with E-state index < -0.39 is 10.0 Å². The smallest absolute Gasteiger partial charge is 0.276 e. The molecule has 5 nitrogen and oxygen atoms in total. The second-order valence-electron chi connectivity index (χ2n) is 5.52. The molecule has 0 fully saturated rings. The van der Waals surface area contributed by atoms with Gasteiger partial charge in [0.25, 0.3) is 10.0 Å². The molecule has 0 bridgehead atoms. The number of nitrogens with zero attached hydrogens (tertiary/aromatic N) is 1. The maximum absolute atomic E-state index is 12.5. The molecule has 3 rings (SSSR count). The van der Waals surface area contributed by atoms with Gasteiger partial charge in [0.1, 0.15) is 5.75 Å². The molecular formula is C17H18N2O3S. The maximum Gasteiger partial charge on any atom is 0.276 e. The molecular weight excluding hydrogens is 312 g/mol. The Morgan fingerprint density at radius 2 is 1.91 bits per heavy atom. The first-order valence-corrected chi connectivity index (χ1v) is 8.83. The second-order valence-corrected chi connectivity index (χ2v) is 7.15. The van der Waals surface area contributed by atoms with Gasteiger partial charge in [0.2, 0.25) is 0 Å². The number of sulfonamides is 1. The quantitative estimate of drug-likeness (QED) is 0.880. The van der Waals surface area contributed by atoms with E-state index in [-0.39, 0.29) is 4.90 Å². The van der Waals surface area contributed by atoms with Crippen molar-refractivity contribution in [2.24, 2.45) is 5.10 Å². The lowest BCUT2D eigenvalue weighted by Crippen LogP contribution is -2.24. The highest BCUT2D eigenvalue weighted by Gasteiger charge is 2.19. The van der Waals surface area contributed by atoms with Crippen LogP contribution in [0.1, 0.15) is 23.1 Å². The molecule has 0 spiro atoms. The Hall–Kier alpha value is -2.34. The van der Waals surface area contributed by atoms with Gasteiger partial charge in [-0.25, -0.2) is 0 Å². The number of hydrogen-bond acceptors (Lipinski definition) is 4. The van der Waals surface area contributed by atoms with Crippen LogP contribution in [0.15, 0.2) is 52.5 Å². The Morgan fingerprint density at radius 3 is 2.74 bits per heavy atom. The van der Waals surface area contributed by atoms with Gasteiger partial charge in [-0.2, -0.15) is 18.4 Å². The molecule has 23 heavy (non-hydrogen) atoms. The van der Waals surface area contributed by atoms with Crippen LogP contribution in [-0.2, 0) is 10.0 Å². The summed E-state index contributed by atoms with van der Waals surface area (Å²) >= 11 is 0. The van der Waals surface area contributed by atoms with Crippen molar-refractivity contribution in [3.05, 3.63) is 59.2 Å². The average molecular weight is 330 g/mol. The SMILES string of the molecule is Cc1ccc(C)c(S(=O)(=O)NN=C2CCOc3ccccc32)c1. The van der Waals surface area contributed by atoms with Gasteiger partial charge in [-0.1, -0.05) is 24.3 Å². The summed E-state index contributed by atoms with van der Waals surface area (Å²) in [5.41, 5.74) is 3.08. The summed E-state index contributed by atoms with van der Waals surface area (Å²) in [4.78, 5) is 2.61. The van der Waals surface area contributed by atoms with E-state index in [1.165, 1.54) is 0 Å². The van der Waals surface area contributed by atoms with Crippen LogP contribution < -0.4 is 9.57 Å². The first-order chi connectivity index (χ1) is 11.0. The highest BCUT2D eigenvalue weighted by atomic mass is 32.2. The van der Waals surface area contributed by atoms with E-state index in [4.69, 9.17) is 4.74 Å². The number of aryl methyl sites for hydroxylation is 2. The fraction of sp³-hybridized carbons (Fsp3) is 0.235. The molecule has 0 amide bonds. The molecule has 1 aliphatic heterocycles. The van der Waals surface area contributed by atoms with Crippen molar-refractivity contribution in [2.45, 2.75) is 25.2 Å². The Morgan fingerprint density at radius 1 is 1.13 bits per heavy atom. The molecule has 1 heterocycles. The fourth-order valence-corrected chi connectivity index (χ4v) is 3.66. The van der Waals surface area contributed by atoms with E-state index >= 15 is 0 Å². The van der Waals surface area contributed by atoms with Crippen molar-refractivity contribution in [3.63, 3.8) is 0 Å². The maximum atomic E-state index is 12.5. The number of fused-ring (bicyclic) bond motifs is 1. The van der Waals surface area contributed by atoms with E-state index in [0.717, 1.165) is 16.9 Å². The fourth-order valence-electron chi connectivity index (χ4n) is 2.50. The summed E-state index contributed by atoms with van der Waals surface area (Å²) < 4.78 is 30.6. The molecule has 0 radical (unpaired) electrons. The minimum atomic E-state index is -3.69. The topological polar surface area (TPSA) is 67.8 Å².